The van der Waals surface area contributed by atoms with Gasteiger partial charge in [0, 0.05) is 12.7 Å². The third kappa shape index (κ3) is 4.30. The summed E-state index contributed by atoms with van der Waals surface area (Å²) in [6, 6.07) is 3.41. The number of amides is 1. The normalized spacial score (nSPS) is 10.5. The highest BCUT2D eigenvalue weighted by atomic mass is 16.3. The Balaban J connectivity index is 1.90. The van der Waals surface area contributed by atoms with Crippen LogP contribution in [0.2, 0.25) is 0 Å². The van der Waals surface area contributed by atoms with Crippen LogP contribution in [0.1, 0.15) is 43.1 Å². The molecule has 0 bridgehead atoms. The quantitative estimate of drug-likeness (QED) is 0.764. The van der Waals surface area contributed by atoms with E-state index in [4.69, 9.17) is 10.2 Å². The Bertz CT molecular complexity index is 578. The highest BCUT2D eigenvalue weighted by molar-refractivity contribution is 5.92. The van der Waals surface area contributed by atoms with Crippen LogP contribution in [-0.4, -0.2) is 22.4 Å². The molecule has 2 aromatic rings. The predicted molar refractivity (Wildman–Crippen MR) is 80.6 cm³/mol. The van der Waals surface area contributed by atoms with Crippen molar-refractivity contribution in [2.75, 3.05) is 12.3 Å². The number of unbranched alkanes of at least 4 members (excludes halogenated alkanes) is 3. The molecule has 0 saturated heterocycles. The zero-order chi connectivity index (χ0) is 15.1. The highest BCUT2D eigenvalue weighted by Gasteiger charge is 2.13. The number of nitrogens with zero attached hydrogens (tertiary/aromatic N) is 2. The SMILES string of the molecule is CCCCCCNC(=O)c1coc(-c2ccc(N)nc2)n1. The molecule has 0 aliphatic rings. The van der Waals surface area contributed by atoms with Crippen molar-refractivity contribution in [1.29, 1.82) is 0 Å². The molecule has 0 spiro atoms. The van der Waals surface area contributed by atoms with E-state index in [0.29, 0.717) is 23.8 Å². The molecule has 21 heavy (non-hydrogen) atoms. The summed E-state index contributed by atoms with van der Waals surface area (Å²) in [6.45, 7) is 2.81. The van der Waals surface area contributed by atoms with Crippen molar-refractivity contribution >= 4 is 11.7 Å². The molecule has 0 unspecified atom stereocenters. The average molecular weight is 288 g/mol. The van der Waals surface area contributed by atoms with Gasteiger partial charge in [0.2, 0.25) is 5.89 Å². The molecule has 0 saturated carbocycles. The van der Waals surface area contributed by atoms with Crippen LogP contribution in [-0.2, 0) is 0 Å². The maximum Gasteiger partial charge on any atom is 0.273 e. The zero-order valence-electron chi connectivity index (χ0n) is 12.1. The van der Waals surface area contributed by atoms with Crippen molar-refractivity contribution in [3.8, 4) is 11.5 Å². The monoisotopic (exact) mass is 288 g/mol. The number of carbonyl (C=O) groups is 1. The van der Waals surface area contributed by atoms with Gasteiger partial charge in [0.25, 0.3) is 5.91 Å². The Morgan fingerprint density at radius 2 is 2.19 bits per heavy atom. The van der Waals surface area contributed by atoms with E-state index < -0.39 is 0 Å². The third-order valence-corrected chi connectivity index (χ3v) is 3.09. The number of nitrogens with two attached hydrogens (primary N) is 1. The lowest BCUT2D eigenvalue weighted by molar-refractivity contribution is 0.0948. The number of pyridine rings is 1. The molecule has 1 amide bonds. The summed E-state index contributed by atoms with van der Waals surface area (Å²) in [6.07, 6.45) is 7.38. The largest absolute Gasteiger partial charge is 0.444 e. The lowest BCUT2D eigenvalue weighted by Crippen LogP contribution is -2.24. The molecule has 3 N–H and O–H groups in total. The molecule has 6 nitrogen and oxygen atoms in total. The molecule has 0 aromatic carbocycles. The van der Waals surface area contributed by atoms with Gasteiger partial charge in [-0.15, -0.1) is 0 Å². The standard InChI is InChI=1S/C15H20N4O2/c1-2-3-4-5-8-17-14(20)12-10-21-15(19-12)11-6-7-13(16)18-9-11/h6-7,9-10H,2-5,8H2,1H3,(H2,16,18)(H,17,20). The number of carbonyl (C=O) groups excluding carboxylic acids is 1. The summed E-state index contributed by atoms with van der Waals surface area (Å²) in [5, 5.41) is 2.83. The first kappa shape index (κ1) is 15.0. The van der Waals surface area contributed by atoms with Crippen molar-refractivity contribution < 1.29 is 9.21 Å². The van der Waals surface area contributed by atoms with Crippen molar-refractivity contribution in [3.63, 3.8) is 0 Å². The third-order valence-electron chi connectivity index (χ3n) is 3.09. The lowest BCUT2D eigenvalue weighted by atomic mass is 10.2. The molecule has 0 aliphatic carbocycles. The maximum absolute atomic E-state index is 11.9. The Kier molecular flexibility index (Phi) is 5.31. The van der Waals surface area contributed by atoms with E-state index in [1.165, 1.54) is 19.1 Å². The van der Waals surface area contributed by atoms with Crippen LogP contribution < -0.4 is 11.1 Å². The summed E-state index contributed by atoms with van der Waals surface area (Å²) in [5.74, 6) is 0.568. The molecule has 6 heteroatoms. The van der Waals surface area contributed by atoms with Crippen LogP contribution in [0.25, 0.3) is 11.5 Å². The molecule has 2 rings (SSSR count). The summed E-state index contributed by atoms with van der Waals surface area (Å²) in [4.78, 5) is 20.0. The molecule has 112 valence electrons. The minimum atomic E-state index is -0.218. The van der Waals surface area contributed by atoms with Gasteiger partial charge >= 0.3 is 0 Å². The predicted octanol–water partition coefficient (Wildman–Crippen LogP) is 2.63. The van der Waals surface area contributed by atoms with E-state index in [-0.39, 0.29) is 11.6 Å². The topological polar surface area (TPSA) is 94.0 Å². The molecular weight excluding hydrogens is 268 g/mol. The summed E-state index contributed by atoms with van der Waals surface area (Å²) in [7, 11) is 0. The fraction of sp³-hybridized carbons (Fsp3) is 0.400. The molecule has 0 fully saturated rings. The minimum Gasteiger partial charge on any atom is -0.444 e. The average Bonchev–Trinajstić information content (AvgIpc) is 2.97. The van der Waals surface area contributed by atoms with E-state index in [1.807, 2.05) is 0 Å². The van der Waals surface area contributed by atoms with Crippen molar-refractivity contribution in [2.45, 2.75) is 32.6 Å². The van der Waals surface area contributed by atoms with E-state index in [2.05, 4.69) is 22.2 Å². The molecular formula is C15H20N4O2. The van der Waals surface area contributed by atoms with Gasteiger partial charge in [0.1, 0.15) is 12.1 Å². The summed E-state index contributed by atoms with van der Waals surface area (Å²) in [5.41, 5.74) is 6.48. The van der Waals surface area contributed by atoms with Crippen molar-refractivity contribution in [3.05, 3.63) is 30.3 Å². The first-order chi connectivity index (χ1) is 10.2. The van der Waals surface area contributed by atoms with Crippen LogP contribution in [0.4, 0.5) is 5.82 Å². The van der Waals surface area contributed by atoms with Gasteiger partial charge in [-0.2, -0.15) is 0 Å². The number of nitrogens with one attached hydrogen (secondary N) is 1. The number of oxazole rings is 1. The number of rotatable bonds is 7. The highest BCUT2D eigenvalue weighted by Crippen LogP contribution is 2.18. The van der Waals surface area contributed by atoms with Crippen molar-refractivity contribution in [1.82, 2.24) is 15.3 Å². The number of hydrogen-bond acceptors (Lipinski definition) is 5. The first-order valence-electron chi connectivity index (χ1n) is 7.16. The van der Waals surface area contributed by atoms with Crippen LogP contribution >= 0.6 is 0 Å². The van der Waals surface area contributed by atoms with E-state index >= 15 is 0 Å². The maximum atomic E-state index is 11.9. The second-order valence-electron chi connectivity index (χ2n) is 4.83. The van der Waals surface area contributed by atoms with Crippen LogP contribution in [0.3, 0.4) is 0 Å². The van der Waals surface area contributed by atoms with Gasteiger partial charge in [0.15, 0.2) is 5.69 Å². The van der Waals surface area contributed by atoms with Crippen LogP contribution in [0.5, 0.6) is 0 Å². The van der Waals surface area contributed by atoms with E-state index in [0.717, 1.165) is 12.8 Å². The fourth-order valence-electron chi connectivity index (χ4n) is 1.89. The van der Waals surface area contributed by atoms with Crippen LogP contribution in [0.15, 0.2) is 29.0 Å². The van der Waals surface area contributed by atoms with Crippen molar-refractivity contribution in [2.24, 2.45) is 0 Å². The second kappa shape index (κ2) is 7.42. The Labute approximate surface area is 123 Å². The Hall–Kier alpha value is -2.37. The zero-order valence-corrected chi connectivity index (χ0v) is 12.1. The lowest BCUT2D eigenvalue weighted by Gasteiger charge is -2.01. The van der Waals surface area contributed by atoms with Gasteiger partial charge in [-0.3, -0.25) is 4.79 Å². The minimum absolute atomic E-state index is 0.218. The summed E-state index contributed by atoms with van der Waals surface area (Å²) < 4.78 is 5.30. The second-order valence-corrected chi connectivity index (χ2v) is 4.83. The first-order valence-corrected chi connectivity index (χ1v) is 7.16. The number of nitrogen functional groups attached to an aromatic ring is 1. The molecule has 0 radical (unpaired) electrons. The van der Waals surface area contributed by atoms with Gasteiger partial charge in [-0.1, -0.05) is 26.2 Å². The van der Waals surface area contributed by atoms with Crippen LogP contribution in [0, 0.1) is 0 Å². The molecule has 2 aromatic heterocycles. The van der Waals surface area contributed by atoms with E-state index in [9.17, 15) is 4.79 Å². The number of hydrogen-bond donors (Lipinski definition) is 2. The van der Waals surface area contributed by atoms with E-state index in [1.54, 1.807) is 18.3 Å². The number of aromatic nitrogens is 2. The molecule has 0 atom stereocenters. The molecule has 0 aliphatic heterocycles. The van der Waals surface area contributed by atoms with Gasteiger partial charge < -0.3 is 15.5 Å². The summed E-state index contributed by atoms with van der Waals surface area (Å²) >= 11 is 0. The fourth-order valence-corrected chi connectivity index (χ4v) is 1.89. The smallest absolute Gasteiger partial charge is 0.273 e. The van der Waals surface area contributed by atoms with Gasteiger partial charge in [-0.25, -0.2) is 9.97 Å². The number of anilines is 1. The van der Waals surface area contributed by atoms with Gasteiger partial charge in [0.05, 0.1) is 5.56 Å². The Morgan fingerprint density at radius 3 is 2.90 bits per heavy atom. The molecule has 2 heterocycles. The van der Waals surface area contributed by atoms with Gasteiger partial charge in [-0.05, 0) is 18.6 Å². The Morgan fingerprint density at radius 1 is 1.33 bits per heavy atom.